The topological polar surface area (TPSA) is 79.4 Å². The van der Waals surface area contributed by atoms with Gasteiger partial charge in [0.05, 0.1) is 10.6 Å². The summed E-state index contributed by atoms with van der Waals surface area (Å²) in [5.74, 6) is -0.305. The van der Waals surface area contributed by atoms with Crippen LogP contribution in [-0.4, -0.2) is 36.7 Å². The normalized spacial score (nSPS) is 14.9. The van der Waals surface area contributed by atoms with Crippen molar-refractivity contribution in [2.24, 2.45) is 0 Å². The fraction of sp³-hybridized carbons (Fsp3) is 0.360. The van der Waals surface area contributed by atoms with E-state index in [0.717, 1.165) is 52.9 Å². The quantitative estimate of drug-likeness (QED) is 0.508. The summed E-state index contributed by atoms with van der Waals surface area (Å²) in [4.78, 5) is 18.9. The maximum atomic E-state index is 12.8. The second kappa shape index (κ2) is 9.75. The predicted molar refractivity (Wildman–Crippen MR) is 133 cm³/mol. The Hall–Kier alpha value is -2.55. The van der Waals surface area contributed by atoms with Gasteiger partial charge in [-0.2, -0.15) is 4.31 Å². The highest BCUT2D eigenvalue weighted by Crippen LogP contribution is 2.34. The lowest BCUT2D eigenvalue weighted by Crippen LogP contribution is -2.35. The smallest absolute Gasteiger partial charge is 0.257 e. The van der Waals surface area contributed by atoms with Crippen LogP contribution in [0.5, 0.6) is 0 Å². The molecule has 1 aliphatic heterocycles. The molecule has 6 nitrogen and oxygen atoms in total. The lowest BCUT2D eigenvalue weighted by atomic mass is 10.0. The number of carbonyl (C=O) groups is 1. The molecule has 2 aromatic carbocycles. The van der Waals surface area contributed by atoms with Crippen molar-refractivity contribution >= 4 is 32.4 Å². The van der Waals surface area contributed by atoms with Crippen LogP contribution in [0.2, 0.25) is 0 Å². The van der Waals surface area contributed by atoms with Crippen LogP contribution in [0.1, 0.15) is 52.5 Å². The fourth-order valence-electron chi connectivity index (χ4n) is 4.05. The first kappa shape index (κ1) is 23.6. The average Bonchev–Trinajstić information content (AvgIpc) is 3.23. The number of aryl methyl sites for hydroxylation is 3. The summed E-state index contributed by atoms with van der Waals surface area (Å²) >= 11 is 1.47. The van der Waals surface area contributed by atoms with Gasteiger partial charge >= 0.3 is 0 Å². The number of sulfonamides is 1. The van der Waals surface area contributed by atoms with E-state index < -0.39 is 10.0 Å². The Kier molecular flexibility index (Phi) is 6.97. The largest absolute Gasteiger partial charge is 0.298 e. The van der Waals surface area contributed by atoms with Crippen LogP contribution in [-0.2, 0) is 16.4 Å². The summed E-state index contributed by atoms with van der Waals surface area (Å²) in [7, 11) is -3.52. The molecule has 1 N–H and O–H groups in total. The lowest BCUT2D eigenvalue weighted by Gasteiger charge is -2.25. The highest BCUT2D eigenvalue weighted by Gasteiger charge is 2.26. The molecule has 0 bridgehead atoms. The monoisotopic (exact) mass is 483 g/mol. The molecule has 0 atom stereocenters. The SMILES string of the molecule is CCc1sc(NC(=O)c2ccc(S(=O)(=O)N3CCCCC3)cc2)nc1-c1cc(C)ccc1C. The molecule has 1 aromatic heterocycles. The van der Waals surface area contributed by atoms with Crippen molar-refractivity contribution in [3.05, 3.63) is 64.0 Å². The van der Waals surface area contributed by atoms with E-state index in [9.17, 15) is 13.2 Å². The Morgan fingerprint density at radius 1 is 1.06 bits per heavy atom. The van der Waals surface area contributed by atoms with Gasteiger partial charge in [0.25, 0.3) is 5.91 Å². The zero-order chi connectivity index (χ0) is 23.6. The van der Waals surface area contributed by atoms with Gasteiger partial charge in [0.1, 0.15) is 0 Å². The molecule has 0 radical (unpaired) electrons. The third kappa shape index (κ3) is 5.03. The molecule has 3 aromatic rings. The first-order chi connectivity index (χ1) is 15.8. The van der Waals surface area contributed by atoms with Crippen molar-refractivity contribution in [2.75, 3.05) is 18.4 Å². The minimum atomic E-state index is -3.52. The average molecular weight is 484 g/mol. The highest BCUT2D eigenvalue weighted by atomic mass is 32.2. The van der Waals surface area contributed by atoms with Crippen LogP contribution < -0.4 is 5.32 Å². The summed E-state index contributed by atoms with van der Waals surface area (Å²) in [5, 5.41) is 3.43. The van der Waals surface area contributed by atoms with E-state index in [1.54, 1.807) is 12.1 Å². The number of nitrogens with one attached hydrogen (secondary N) is 1. The molecule has 174 valence electrons. The van der Waals surface area contributed by atoms with E-state index >= 15 is 0 Å². The number of piperidine rings is 1. The Morgan fingerprint density at radius 2 is 1.76 bits per heavy atom. The van der Waals surface area contributed by atoms with Gasteiger partial charge in [-0.3, -0.25) is 10.1 Å². The molecule has 2 heterocycles. The molecule has 0 spiro atoms. The summed E-state index contributed by atoms with van der Waals surface area (Å²) in [6.07, 6.45) is 3.65. The highest BCUT2D eigenvalue weighted by molar-refractivity contribution is 7.89. The standard InChI is InChI=1S/C25H29N3O3S2/c1-4-22-23(21-16-17(2)8-9-18(21)3)26-25(32-22)27-24(29)19-10-12-20(13-11-19)33(30,31)28-14-6-5-7-15-28/h8-13,16H,4-7,14-15H2,1-3H3,(H,26,27,29). The summed E-state index contributed by atoms with van der Waals surface area (Å²) in [6.45, 7) is 7.30. The third-order valence-corrected chi connectivity index (χ3v) is 8.98. The van der Waals surface area contributed by atoms with Crippen LogP contribution in [0.4, 0.5) is 5.13 Å². The van der Waals surface area contributed by atoms with Gasteiger partial charge in [0.15, 0.2) is 5.13 Å². The number of amides is 1. The molecule has 1 aliphatic rings. The van der Waals surface area contributed by atoms with Gasteiger partial charge in [-0.1, -0.05) is 31.0 Å². The van der Waals surface area contributed by atoms with Crippen molar-refractivity contribution in [1.29, 1.82) is 0 Å². The number of hydrogen-bond acceptors (Lipinski definition) is 5. The van der Waals surface area contributed by atoms with Crippen LogP contribution in [0.3, 0.4) is 0 Å². The second-order valence-electron chi connectivity index (χ2n) is 8.41. The molecule has 1 fully saturated rings. The molecule has 1 amide bonds. The molecule has 33 heavy (non-hydrogen) atoms. The molecule has 0 unspecified atom stereocenters. The summed E-state index contributed by atoms with van der Waals surface area (Å²) in [6, 6.07) is 12.4. The molecule has 8 heteroatoms. The number of benzene rings is 2. The van der Waals surface area contributed by atoms with Crippen molar-refractivity contribution in [3.63, 3.8) is 0 Å². The predicted octanol–water partition coefficient (Wildman–Crippen LogP) is 5.42. The number of thiazole rings is 1. The van der Waals surface area contributed by atoms with E-state index in [1.807, 2.05) is 0 Å². The molecular formula is C25H29N3O3S2. The van der Waals surface area contributed by atoms with Gasteiger partial charge in [-0.05, 0) is 69.0 Å². The first-order valence-electron chi connectivity index (χ1n) is 11.3. The number of anilines is 1. The second-order valence-corrected chi connectivity index (χ2v) is 11.4. The zero-order valence-corrected chi connectivity index (χ0v) is 20.9. The third-order valence-electron chi connectivity index (χ3n) is 5.96. The van der Waals surface area contributed by atoms with Gasteiger partial charge in [0, 0.05) is 29.1 Å². The zero-order valence-electron chi connectivity index (χ0n) is 19.2. The van der Waals surface area contributed by atoms with Crippen molar-refractivity contribution in [2.45, 2.75) is 51.3 Å². The Morgan fingerprint density at radius 3 is 2.42 bits per heavy atom. The number of nitrogens with zero attached hydrogens (tertiary/aromatic N) is 2. The molecule has 0 saturated carbocycles. The maximum absolute atomic E-state index is 12.8. The van der Waals surface area contributed by atoms with E-state index in [4.69, 9.17) is 4.98 Å². The summed E-state index contributed by atoms with van der Waals surface area (Å²) < 4.78 is 27.2. The molecule has 4 rings (SSSR count). The Labute approximate surface area is 199 Å². The first-order valence-corrected chi connectivity index (χ1v) is 13.5. The number of carbonyl (C=O) groups excluding carboxylic acids is 1. The molecular weight excluding hydrogens is 454 g/mol. The van der Waals surface area contributed by atoms with Gasteiger partial charge < -0.3 is 0 Å². The minimum Gasteiger partial charge on any atom is -0.298 e. The number of rotatable bonds is 6. The molecule has 1 saturated heterocycles. The fourth-order valence-corrected chi connectivity index (χ4v) is 6.48. The van der Waals surface area contributed by atoms with E-state index in [1.165, 1.54) is 27.8 Å². The number of hydrogen-bond donors (Lipinski definition) is 1. The lowest BCUT2D eigenvalue weighted by molar-refractivity contribution is 0.102. The summed E-state index contributed by atoms with van der Waals surface area (Å²) in [5.41, 5.74) is 4.69. The van der Waals surface area contributed by atoms with Gasteiger partial charge in [0.2, 0.25) is 10.0 Å². The van der Waals surface area contributed by atoms with Crippen LogP contribution >= 0.6 is 11.3 Å². The Bertz CT molecular complexity index is 1260. The molecule has 0 aliphatic carbocycles. The Balaban J connectivity index is 1.53. The van der Waals surface area contributed by atoms with Crippen LogP contribution in [0, 0.1) is 13.8 Å². The van der Waals surface area contributed by atoms with E-state index in [2.05, 4.69) is 44.3 Å². The number of aromatic nitrogens is 1. The van der Waals surface area contributed by atoms with Gasteiger partial charge in [-0.15, -0.1) is 11.3 Å². The van der Waals surface area contributed by atoms with E-state index in [0.29, 0.717) is 23.8 Å². The van der Waals surface area contributed by atoms with Crippen molar-refractivity contribution < 1.29 is 13.2 Å². The van der Waals surface area contributed by atoms with Gasteiger partial charge in [-0.25, -0.2) is 13.4 Å². The van der Waals surface area contributed by atoms with Crippen molar-refractivity contribution in [3.8, 4) is 11.3 Å². The van der Waals surface area contributed by atoms with E-state index in [-0.39, 0.29) is 10.8 Å². The maximum Gasteiger partial charge on any atom is 0.257 e. The van der Waals surface area contributed by atoms with Crippen molar-refractivity contribution in [1.82, 2.24) is 9.29 Å². The minimum absolute atomic E-state index is 0.223. The van der Waals surface area contributed by atoms with Crippen LogP contribution in [0.25, 0.3) is 11.3 Å². The van der Waals surface area contributed by atoms with Crippen LogP contribution in [0.15, 0.2) is 47.4 Å².